The minimum Gasteiger partial charge on any atom is -0.462 e. The zero-order valence-electron chi connectivity index (χ0n) is 21.5. The van der Waals surface area contributed by atoms with Crippen molar-refractivity contribution in [1.29, 1.82) is 0 Å². The van der Waals surface area contributed by atoms with Gasteiger partial charge < -0.3 is 10.1 Å². The highest BCUT2D eigenvalue weighted by atomic mass is 79.9. The normalized spacial score (nSPS) is 13.9. The number of aromatic nitrogens is 3. The van der Waals surface area contributed by atoms with Crippen LogP contribution in [0.25, 0.3) is 21.9 Å². The summed E-state index contributed by atoms with van der Waals surface area (Å²) in [4.78, 5) is 58.1. The predicted molar refractivity (Wildman–Crippen MR) is 158 cm³/mol. The minimum atomic E-state index is -0.464. The number of carbonyl (C=O) groups is 3. The number of fused-ring (bicyclic) bond motifs is 2. The number of hydrogen-bond donors (Lipinski definition) is 1. The summed E-state index contributed by atoms with van der Waals surface area (Å²) in [6, 6.07) is 20.7. The zero-order chi connectivity index (χ0) is 28.7. The van der Waals surface area contributed by atoms with E-state index in [-0.39, 0.29) is 23.3 Å². The van der Waals surface area contributed by atoms with Crippen LogP contribution in [-0.2, 0) is 14.3 Å². The molecule has 0 radical (unpaired) electrons. The fourth-order valence-corrected chi connectivity index (χ4v) is 5.77. The first-order valence-electron chi connectivity index (χ1n) is 12.5. The van der Waals surface area contributed by atoms with Crippen LogP contribution in [-0.4, -0.2) is 45.5 Å². The summed E-state index contributed by atoms with van der Waals surface area (Å²) in [7, 11) is 0. The van der Waals surface area contributed by atoms with Gasteiger partial charge in [-0.25, -0.2) is 4.79 Å². The van der Waals surface area contributed by atoms with E-state index in [1.165, 1.54) is 9.42 Å². The minimum absolute atomic E-state index is 0.206. The lowest BCUT2D eigenvalue weighted by Crippen LogP contribution is -2.37. The van der Waals surface area contributed by atoms with Crippen molar-refractivity contribution in [3.63, 3.8) is 0 Å². The van der Waals surface area contributed by atoms with Gasteiger partial charge in [-0.2, -0.15) is 9.50 Å². The van der Waals surface area contributed by atoms with Crippen LogP contribution in [0.15, 0.2) is 82.1 Å². The van der Waals surface area contributed by atoms with Crippen molar-refractivity contribution in [2.45, 2.75) is 6.92 Å². The molecule has 6 rings (SSSR count). The largest absolute Gasteiger partial charge is 0.462 e. The maximum atomic E-state index is 13.7. The van der Waals surface area contributed by atoms with Gasteiger partial charge in [0.2, 0.25) is 10.9 Å². The van der Waals surface area contributed by atoms with Crippen molar-refractivity contribution in [3.05, 3.63) is 103 Å². The van der Waals surface area contributed by atoms with Crippen molar-refractivity contribution in [2.75, 3.05) is 23.4 Å². The van der Waals surface area contributed by atoms with Crippen molar-refractivity contribution in [2.24, 2.45) is 0 Å². The molecule has 0 saturated carbocycles. The summed E-state index contributed by atoms with van der Waals surface area (Å²) in [6.07, 6.45) is 0. The average molecular weight is 630 g/mol. The Morgan fingerprint density at radius 1 is 1.00 bits per heavy atom. The van der Waals surface area contributed by atoms with Crippen molar-refractivity contribution in [3.8, 4) is 11.4 Å². The summed E-state index contributed by atoms with van der Waals surface area (Å²) in [5.41, 5.74) is 2.41. The Kier molecular flexibility index (Phi) is 6.93. The number of anilines is 2. The Balaban J connectivity index is 1.29. The molecule has 1 aliphatic rings. The molecule has 41 heavy (non-hydrogen) atoms. The van der Waals surface area contributed by atoms with E-state index in [4.69, 9.17) is 4.74 Å². The molecule has 0 spiro atoms. The number of benzene rings is 3. The molecule has 5 aromatic rings. The predicted octanol–water partition coefficient (Wildman–Crippen LogP) is 3.66. The van der Waals surface area contributed by atoms with Gasteiger partial charge in [-0.3, -0.25) is 19.3 Å². The summed E-state index contributed by atoms with van der Waals surface area (Å²) >= 11 is 4.48. The molecule has 3 heterocycles. The number of rotatable bonds is 6. The molecule has 3 aromatic carbocycles. The lowest BCUT2D eigenvalue weighted by molar-refractivity contribution is -0.118. The van der Waals surface area contributed by atoms with Crippen LogP contribution in [0.2, 0.25) is 0 Å². The van der Waals surface area contributed by atoms with E-state index < -0.39 is 23.3 Å². The number of thiazole rings is 1. The lowest BCUT2D eigenvalue weighted by Gasteiger charge is -2.16. The Bertz CT molecular complexity index is 1950. The lowest BCUT2D eigenvalue weighted by atomic mass is 10.1. The first-order chi connectivity index (χ1) is 19.8. The van der Waals surface area contributed by atoms with E-state index in [0.29, 0.717) is 33.3 Å². The number of amides is 2. The van der Waals surface area contributed by atoms with Gasteiger partial charge >= 0.3 is 5.97 Å². The molecule has 0 bridgehead atoms. The molecule has 1 N–H and O–H groups in total. The maximum absolute atomic E-state index is 13.7. The summed E-state index contributed by atoms with van der Waals surface area (Å²) in [5, 5.41) is 7.13. The number of nitrogens with one attached hydrogen (secondary N) is 1. The second-order valence-electron chi connectivity index (χ2n) is 9.00. The molecular weight excluding hydrogens is 610 g/mol. The van der Waals surface area contributed by atoms with Crippen LogP contribution in [0.1, 0.15) is 22.8 Å². The third-order valence-electron chi connectivity index (χ3n) is 6.39. The van der Waals surface area contributed by atoms with Crippen LogP contribution >= 0.6 is 27.3 Å². The quantitative estimate of drug-likeness (QED) is 0.284. The van der Waals surface area contributed by atoms with E-state index in [9.17, 15) is 19.2 Å². The van der Waals surface area contributed by atoms with Crippen LogP contribution in [0.3, 0.4) is 0 Å². The monoisotopic (exact) mass is 629 g/mol. The van der Waals surface area contributed by atoms with Crippen molar-refractivity contribution < 1.29 is 19.1 Å². The summed E-state index contributed by atoms with van der Waals surface area (Å²) < 4.78 is 7.30. The number of para-hydroxylation sites is 1. The third-order valence-corrected chi connectivity index (χ3v) is 7.95. The summed E-state index contributed by atoms with van der Waals surface area (Å²) in [5.74, 6) is -0.952. The van der Waals surface area contributed by atoms with Gasteiger partial charge in [0.05, 0.1) is 23.4 Å². The van der Waals surface area contributed by atoms with Gasteiger partial charge in [-0.1, -0.05) is 57.6 Å². The Labute approximate surface area is 245 Å². The molecule has 0 atom stereocenters. The highest BCUT2D eigenvalue weighted by Crippen LogP contribution is 2.35. The van der Waals surface area contributed by atoms with Gasteiger partial charge in [-0.05, 0) is 49.4 Å². The maximum Gasteiger partial charge on any atom is 0.338 e. The molecular formula is C29H20BrN5O5S. The smallest absolute Gasteiger partial charge is 0.338 e. The molecule has 12 heteroatoms. The van der Waals surface area contributed by atoms with Crippen LogP contribution in [0.4, 0.5) is 11.4 Å². The SMILES string of the molecule is CCOC(=O)c1ccc(NC(=O)CN2C(=O)C(=c3sc4nc(-c5ccc(Br)cc5)nn4c3=O)c3ccccc32)cc1. The van der Waals surface area contributed by atoms with E-state index in [1.54, 1.807) is 55.5 Å². The van der Waals surface area contributed by atoms with Gasteiger partial charge in [0, 0.05) is 21.3 Å². The molecule has 204 valence electrons. The average Bonchev–Trinajstić information content (AvgIpc) is 3.60. The van der Waals surface area contributed by atoms with Gasteiger partial charge in [0.1, 0.15) is 11.1 Å². The summed E-state index contributed by atoms with van der Waals surface area (Å²) in [6.45, 7) is 1.71. The Hall–Kier alpha value is -4.68. The van der Waals surface area contributed by atoms with E-state index in [0.717, 1.165) is 21.4 Å². The fourth-order valence-electron chi connectivity index (χ4n) is 4.51. The topological polar surface area (TPSA) is 123 Å². The van der Waals surface area contributed by atoms with Crippen LogP contribution in [0, 0.1) is 0 Å². The molecule has 0 unspecified atom stereocenters. The van der Waals surface area contributed by atoms with Crippen molar-refractivity contribution >= 4 is 67.0 Å². The number of esters is 1. The van der Waals surface area contributed by atoms with Crippen molar-refractivity contribution in [1.82, 2.24) is 14.6 Å². The molecule has 10 nitrogen and oxygen atoms in total. The molecule has 0 saturated heterocycles. The first kappa shape index (κ1) is 26.5. The van der Waals surface area contributed by atoms with E-state index in [1.807, 2.05) is 24.3 Å². The fraction of sp³-hybridized carbons (Fsp3) is 0.103. The second kappa shape index (κ2) is 10.7. The molecule has 0 aliphatic carbocycles. The Morgan fingerprint density at radius 3 is 2.44 bits per heavy atom. The third kappa shape index (κ3) is 4.92. The number of hydrogen-bond acceptors (Lipinski definition) is 8. The van der Waals surface area contributed by atoms with Gasteiger partial charge in [0.15, 0.2) is 5.82 Å². The second-order valence-corrected chi connectivity index (χ2v) is 10.9. The van der Waals surface area contributed by atoms with Crippen LogP contribution in [0.5, 0.6) is 0 Å². The van der Waals surface area contributed by atoms with E-state index in [2.05, 4.69) is 31.3 Å². The molecule has 1 aliphatic heterocycles. The highest BCUT2D eigenvalue weighted by molar-refractivity contribution is 9.10. The molecule has 0 fully saturated rings. The number of halogens is 1. The zero-order valence-corrected chi connectivity index (χ0v) is 23.9. The standard InChI is InChI=1S/C29H20BrN5O5S/c1-2-40-28(39)17-9-13-19(14-10-17)31-22(36)15-34-21-6-4-3-5-20(21)23(26(34)37)24-27(38)35-29(41-24)32-25(33-35)16-7-11-18(30)12-8-16/h3-14H,2,15H2,1H3,(H,31,36). The molecule has 2 aromatic heterocycles. The van der Waals surface area contributed by atoms with E-state index >= 15 is 0 Å². The number of nitrogens with zero attached hydrogens (tertiary/aromatic N) is 4. The number of carbonyl (C=O) groups excluding carboxylic acids is 3. The van der Waals surface area contributed by atoms with Crippen LogP contribution < -0.4 is 20.3 Å². The molecule has 2 amide bonds. The number of ether oxygens (including phenoxy) is 1. The first-order valence-corrected chi connectivity index (χ1v) is 14.1. The highest BCUT2D eigenvalue weighted by Gasteiger charge is 2.35. The van der Waals surface area contributed by atoms with Gasteiger partial charge in [-0.15, -0.1) is 5.10 Å². The Morgan fingerprint density at radius 2 is 1.73 bits per heavy atom. The van der Waals surface area contributed by atoms with Gasteiger partial charge in [0.25, 0.3) is 11.5 Å².